The van der Waals surface area contributed by atoms with Gasteiger partial charge in [0, 0.05) is 17.5 Å². The molecule has 0 radical (unpaired) electrons. The molecule has 0 saturated heterocycles. The zero-order valence-electron chi connectivity index (χ0n) is 16.5. The van der Waals surface area contributed by atoms with Crippen molar-refractivity contribution in [3.63, 3.8) is 0 Å². The zero-order chi connectivity index (χ0) is 19.4. The van der Waals surface area contributed by atoms with Gasteiger partial charge in [-0.25, -0.2) is 4.79 Å². The first-order valence-corrected chi connectivity index (χ1v) is 8.56. The highest BCUT2D eigenvalue weighted by Crippen LogP contribution is 2.34. The van der Waals surface area contributed by atoms with Crippen LogP contribution in [0.3, 0.4) is 0 Å². The normalized spacial score (nSPS) is 13.5. The average molecular weight is 353 g/mol. The molecule has 1 atom stereocenters. The van der Waals surface area contributed by atoms with Gasteiger partial charge in [0.15, 0.2) is 0 Å². The lowest BCUT2D eigenvalue weighted by Gasteiger charge is -2.33. The molecule has 0 aliphatic carbocycles. The lowest BCUT2D eigenvalue weighted by Crippen LogP contribution is -2.48. The number of hydrogen-bond acceptors (Lipinski definition) is 5. The van der Waals surface area contributed by atoms with Crippen LogP contribution in [0, 0.1) is 6.92 Å². The first-order chi connectivity index (χ1) is 11.3. The van der Waals surface area contributed by atoms with E-state index in [-0.39, 0.29) is 17.4 Å². The van der Waals surface area contributed by atoms with Gasteiger partial charge in [-0.05, 0) is 48.0 Å². The predicted octanol–water partition coefficient (Wildman–Crippen LogP) is 3.07. The molecule has 0 spiro atoms. The average Bonchev–Trinajstić information content (AvgIpc) is 2.83. The van der Waals surface area contributed by atoms with Crippen molar-refractivity contribution in [2.45, 2.75) is 84.9 Å². The largest absolute Gasteiger partial charge is 0.443 e. The van der Waals surface area contributed by atoms with Gasteiger partial charge in [-0.3, -0.25) is 4.79 Å². The van der Waals surface area contributed by atoms with Crippen LogP contribution in [0.15, 0.2) is 10.6 Å². The summed E-state index contributed by atoms with van der Waals surface area (Å²) in [4.78, 5) is 24.0. The smallest absolute Gasteiger partial charge is 0.408 e. The number of rotatable bonds is 7. The summed E-state index contributed by atoms with van der Waals surface area (Å²) in [5.41, 5.74) is -0.293. The highest BCUT2D eigenvalue weighted by Gasteiger charge is 2.36. The van der Waals surface area contributed by atoms with Crippen molar-refractivity contribution in [3.05, 3.63) is 17.5 Å². The molecule has 1 heterocycles. The number of nitrogens with one attached hydrogen (secondary N) is 2. The molecule has 1 rings (SSSR count). The number of carbonyl (C=O) groups is 2. The van der Waals surface area contributed by atoms with Gasteiger partial charge < -0.3 is 19.9 Å². The molecular formula is C18H31N3O4. The molecule has 0 aliphatic heterocycles. The molecule has 0 aliphatic rings. The standard InChI is InChI=1S/C18H31N3O4/c1-11(2)19-15(22)13(4)20-16(23)24-18(7,8)10-17(5,6)14-9-12(3)21-25-14/h9,11,13H,10H2,1-8H3,(H,19,22)(H,20,23). The molecule has 142 valence electrons. The van der Waals surface area contributed by atoms with Crippen molar-refractivity contribution in [2.24, 2.45) is 0 Å². The summed E-state index contributed by atoms with van der Waals surface area (Å²) in [5.74, 6) is 0.494. The molecule has 0 bridgehead atoms. The minimum atomic E-state index is -0.747. The number of ether oxygens (including phenoxy) is 1. The van der Waals surface area contributed by atoms with E-state index in [1.165, 1.54) is 0 Å². The van der Waals surface area contributed by atoms with E-state index in [2.05, 4.69) is 15.8 Å². The Hall–Kier alpha value is -2.05. The monoisotopic (exact) mass is 353 g/mol. The molecule has 7 heteroatoms. The predicted molar refractivity (Wildman–Crippen MR) is 95.3 cm³/mol. The van der Waals surface area contributed by atoms with Crippen LogP contribution >= 0.6 is 0 Å². The number of carbonyl (C=O) groups excluding carboxylic acids is 2. The van der Waals surface area contributed by atoms with Crippen LogP contribution in [0.4, 0.5) is 4.79 Å². The minimum absolute atomic E-state index is 0.00960. The summed E-state index contributed by atoms with van der Waals surface area (Å²) in [6.45, 7) is 14.9. The molecule has 1 unspecified atom stereocenters. The molecule has 2 N–H and O–H groups in total. The highest BCUT2D eigenvalue weighted by molar-refractivity contribution is 5.85. The third-order valence-electron chi connectivity index (χ3n) is 3.69. The fourth-order valence-corrected chi connectivity index (χ4v) is 2.80. The number of aromatic nitrogens is 1. The van der Waals surface area contributed by atoms with E-state index >= 15 is 0 Å². The van der Waals surface area contributed by atoms with Crippen molar-refractivity contribution in [3.8, 4) is 0 Å². The Bertz CT molecular complexity index is 605. The van der Waals surface area contributed by atoms with Crippen LogP contribution < -0.4 is 10.6 Å². The van der Waals surface area contributed by atoms with Crippen LogP contribution in [-0.4, -0.2) is 34.8 Å². The van der Waals surface area contributed by atoms with E-state index < -0.39 is 17.7 Å². The molecule has 1 aromatic rings. The SMILES string of the molecule is Cc1cc(C(C)(C)CC(C)(C)OC(=O)NC(C)C(=O)NC(C)C)on1. The second-order valence-electron chi connectivity index (χ2n) is 8.07. The maximum absolute atomic E-state index is 12.1. The summed E-state index contributed by atoms with van der Waals surface area (Å²) in [7, 11) is 0. The first-order valence-electron chi connectivity index (χ1n) is 8.56. The van der Waals surface area contributed by atoms with E-state index in [9.17, 15) is 9.59 Å². The Balaban J connectivity index is 2.64. The molecule has 0 saturated carbocycles. The number of hydrogen-bond donors (Lipinski definition) is 2. The summed E-state index contributed by atoms with van der Waals surface area (Å²) in [6, 6.07) is 1.22. The van der Waals surface area contributed by atoms with Gasteiger partial charge in [-0.2, -0.15) is 0 Å². The van der Waals surface area contributed by atoms with Gasteiger partial charge in [0.05, 0.1) is 5.69 Å². The molecular weight excluding hydrogens is 322 g/mol. The Morgan fingerprint density at radius 3 is 2.28 bits per heavy atom. The lowest BCUT2D eigenvalue weighted by atomic mass is 9.79. The summed E-state index contributed by atoms with van der Waals surface area (Å²) in [5, 5.41) is 9.22. The van der Waals surface area contributed by atoms with Crippen LogP contribution in [0.25, 0.3) is 0 Å². The van der Waals surface area contributed by atoms with Crippen LogP contribution in [-0.2, 0) is 14.9 Å². The Labute approximate surface area is 149 Å². The maximum Gasteiger partial charge on any atom is 0.408 e. The van der Waals surface area contributed by atoms with Gasteiger partial charge in [-0.15, -0.1) is 0 Å². The Morgan fingerprint density at radius 2 is 1.80 bits per heavy atom. The number of alkyl carbamates (subject to hydrolysis) is 1. The number of nitrogens with zero attached hydrogens (tertiary/aromatic N) is 1. The summed E-state index contributed by atoms with van der Waals surface area (Å²) >= 11 is 0. The third kappa shape index (κ3) is 6.76. The van der Waals surface area contributed by atoms with Gasteiger partial charge >= 0.3 is 6.09 Å². The van der Waals surface area contributed by atoms with Crippen molar-refractivity contribution in [1.82, 2.24) is 15.8 Å². The van der Waals surface area contributed by atoms with Crippen molar-refractivity contribution >= 4 is 12.0 Å². The number of aryl methyl sites for hydroxylation is 1. The maximum atomic E-state index is 12.1. The Kier molecular flexibility index (Phi) is 6.62. The highest BCUT2D eigenvalue weighted by atomic mass is 16.6. The van der Waals surface area contributed by atoms with E-state index in [4.69, 9.17) is 9.26 Å². The summed E-state index contributed by atoms with van der Waals surface area (Å²) in [6.07, 6.45) is -0.0878. The van der Waals surface area contributed by atoms with E-state index in [0.717, 1.165) is 11.5 Å². The third-order valence-corrected chi connectivity index (χ3v) is 3.69. The molecule has 1 aromatic heterocycles. The van der Waals surface area contributed by atoms with Crippen LogP contribution in [0.5, 0.6) is 0 Å². The minimum Gasteiger partial charge on any atom is -0.443 e. The van der Waals surface area contributed by atoms with E-state index in [1.807, 2.05) is 54.5 Å². The van der Waals surface area contributed by atoms with Crippen LogP contribution in [0.2, 0.25) is 0 Å². The molecule has 7 nitrogen and oxygen atoms in total. The summed E-state index contributed by atoms with van der Waals surface area (Å²) < 4.78 is 10.9. The second kappa shape index (κ2) is 7.89. The van der Waals surface area contributed by atoms with E-state index in [0.29, 0.717) is 6.42 Å². The van der Waals surface area contributed by atoms with Gasteiger partial charge in [0.2, 0.25) is 5.91 Å². The van der Waals surface area contributed by atoms with Gasteiger partial charge in [0.1, 0.15) is 17.4 Å². The molecule has 0 aromatic carbocycles. The molecule has 2 amide bonds. The number of amides is 2. The van der Waals surface area contributed by atoms with E-state index in [1.54, 1.807) is 6.92 Å². The Morgan fingerprint density at radius 1 is 1.20 bits per heavy atom. The van der Waals surface area contributed by atoms with Gasteiger partial charge in [0.25, 0.3) is 0 Å². The quantitative estimate of drug-likeness (QED) is 0.786. The molecule has 25 heavy (non-hydrogen) atoms. The fraction of sp³-hybridized carbons (Fsp3) is 0.722. The van der Waals surface area contributed by atoms with Crippen molar-refractivity contribution < 1.29 is 18.8 Å². The second-order valence-corrected chi connectivity index (χ2v) is 8.07. The van der Waals surface area contributed by atoms with Crippen molar-refractivity contribution in [1.29, 1.82) is 0 Å². The van der Waals surface area contributed by atoms with Gasteiger partial charge in [-0.1, -0.05) is 19.0 Å². The molecule has 0 fully saturated rings. The fourth-order valence-electron chi connectivity index (χ4n) is 2.80. The van der Waals surface area contributed by atoms with Crippen LogP contribution in [0.1, 0.15) is 66.3 Å². The topological polar surface area (TPSA) is 93.5 Å². The first kappa shape index (κ1) is 21.0. The lowest BCUT2D eigenvalue weighted by molar-refractivity contribution is -0.123. The van der Waals surface area contributed by atoms with Crippen molar-refractivity contribution in [2.75, 3.05) is 0 Å². The zero-order valence-corrected chi connectivity index (χ0v) is 16.5.